The van der Waals surface area contributed by atoms with Gasteiger partial charge in [0.15, 0.2) is 18.1 Å². The zero-order valence-corrected chi connectivity index (χ0v) is 22.6. The number of imide groups is 1. The van der Waals surface area contributed by atoms with Crippen LogP contribution < -0.4 is 14.8 Å². The van der Waals surface area contributed by atoms with Crippen molar-refractivity contribution in [1.29, 1.82) is 0 Å². The molecule has 2 aromatic carbocycles. The van der Waals surface area contributed by atoms with E-state index in [1.54, 1.807) is 42.5 Å². The molecule has 39 heavy (non-hydrogen) atoms. The Labute approximate surface area is 231 Å². The summed E-state index contributed by atoms with van der Waals surface area (Å²) in [4.78, 5) is 39.5. The van der Waals surface area contributed by atoms with Gasteiger partial charge in [-0.2, -0.15) is 0 Å². The highest BCUT2D eigenvalue weighted by Gasteiger charge is 2.51. The number of rotatable bonds is 8. The maximum atomic E-state index is 14.0. The third-order valence-corrected chi connectivity index (χ3v) is 9.35. The molecule has 7 rings (SSSR count). The highest BCUT2D eigenvalue weighted by atomic mass is 32.2. The van der Waals surface area contributed by atoms with Crippen LogP contribution in [0.25, 0.3) is 6.08 Å². The molecule has 0 unspecified atom stereocenters. The summed E-state index contributed by atoms with van der Waals surface area (Å²) >= 11 is 0.811. The minimum absolute atomic E-state index is 0.0710. The van der Waals surface area contributed by atoms with Crippen molar-refractivity contribution in [3.05, 3.63) is 64.3 Å². The van der Waals surface area contributed by atoms with Gasteiger partial charge in [0.1, 0.15) is 5.82 Å². The fraction of sp³-hybridized carbons (Fsp3) is 0.433. The van der Waals surface area contributed by atoms with Gasteiger partial charge in [0, 0.05) is 11.1 Å². The maximum Gasteiger partial charge on any atom is 0.293 e. The molecule has 9 heteroatoms. The molecule has 4 saturated carbocycles. The van der Waals surface area contributed by atoms with Gasteiger partial charge in [-0.25, -0.2) is 4.39 Å². The molecule has 4 aliphatic carbocycles. The van der Waals surface area contributed by atoms with Crippen molar-refractivity contribution in [2.75, 3.05) is 13.7 Å². The lowest BCUT2D eigenvalue weighted by molar-refractivity contribution is -0.129. The van der Waals surface area contributed by atoms with Crippen molar-refractivity contribution < 1.29 is 28.2 Å². The molecule has 0 aromatic heterocycles. The van der Waals surface area contributed by atoms with Gasteiger partial charge in [0.05, 0.1) is 18.6 Å². The Kier molecular flexibility index (Phi) is 6.87. The summed E-state index contributed by atoms with van der Waals surface area (Å²) in [6, 6.07) is 11.2. The van der Waals surface area contributed by atoms with Crippen molar-refractivity contribution in [3.63, 3.8) is 0 Å². The Balaban J connectivity index is 1.09. The zero-order valence-electron chi connectivity index (χ0n) is 21.8. The summed E-state index contributed by atoms with van der Waals surface area (Å²) in [5.41, 5.74) is 0.836. The first-order chi connectivity index (χ1) is 18.8. The van der Waals surface area contributed by atoms with E-state index in [1.165, 1.54) is 32.4 Å². The average Bonchev–Trinajstić information content (AvgIpc) is 3.15. The molecular formula is C30H31FN2O5S. The van der Waals surface area contributed by atoms with Crippen LogP contribution in [0.15, 0.2) is 47.4 Å². The third-order valence-electron chi connectivity index (χ3n) is 8.45. The molecule has 4 bridgehead atoms. The van der Waals surface area contributed by atoms with Crippen LogP contribution in [-0.2, 0) is 16.1 Å². The van der Waals surface area contributed by atoms with Crippen LogP contribution in [0, 0.1) is 23.6 Å². The topological polar surface area (TPSA) is 84.9 Å². The van der Waals surface area contributed by atoms with E-state index in [0.29, 0.717) is 17.1 Å². The molecule has 1 N–H and O–H groups in total. The normalized spacial score (nSPS) is 28.3. The lowest BCUT2D eigenvalue weighted by Crippen LogP contribution is -2.60. The molecule has 7 nitrogen and oxygen atoms in total. The van der Waals surface area contributed by atoms with E-state index in [2.05, 4.69) is 5.32 Å². The number of nitrogens with zero attached hydrogens (tertiary/aromatic N) is 1. The average molecular weight is 551 g/mol. The molecule has 2 aromatic rings. The van der Waals surface area contributed by atoms with Gasteiger partial charge in [-0.15, -0.1) is 0 Å². The Morgan fingerprint density at radius 2 is 1.77 bits per heavy atom. The highest BCUT2D eigenvalue weighted by Crippen LogP contribution is 2.55. The van der Waals surface area contributed by atoms with E-state index >= 15 is 0 Å². The lowest BCUT2D eigenvalue weighted by atomic mass is 9.53. The number of halogens is 1. The Morgan fingerprint density at radius 3 is 2.44 bits per heavy atom. The number of hydrogen-bond donors (Lipinski definition) is 1. The van der Waals surface area contributed by atoms with Crippen LogP contribution in [0.5, 0.6) is 11.5 Å². The summed E-state index contributed by atoms with van der Waals surface area (Å²) in [7, 11) is 1.50. The number of hydrogen-bond acceptors (Lipinski definition) is 6. The van der Waals surface area contributed by atoms with Gasteiger partial charge in [-0.05, 0) is 97.9 Å². The molecule has 204 valence electrons. The maximum absolute atomic E-state index is 14.0. The number of carbonyl (C=O) groups excluding carboxylic acids is 3. The number of ether oxygens (including phenoxy) is 2. The lowest BCUT2D eigenvalue weighted by Gasteiger charge is -2.56. The molecule has 5 fully saturated rings. The van der Waals surface area contributed by atoms with Crippen molar-refractivity contribution in [3.8, 4) is 11.5 Å². The Hall–Kier alpha value is -3.33. The number of methoxy groups -OCH3 is 1. The van der Waals surface area contributed by atoms with E-state index < -0.39 is 17.0 Å². The summed E-state index contributed by atoms with van der Waals surface area (Å²) in [5.74, 6) is 2.00. The molecule has 1 heterocycles. The first kappa shape index (κ1) is 25.9. The fourth-order valence-electron chi connectivity index (χ4n) is 7.22. The molecule has 5 aliphatic rings. The van der Waals surface area contributed by atoms with Crippen LogP contribution in [0.1, 0.15) is 49.7 Å². The minimum Gasteiger partial charge on any atom is -0.493 e. The van der Waals surface area contributed by atoms with E-state index in [-0.39, 0.29) is 35.1 Å². The summed E-state index contributed by atoms with van der Waals surface area (Å²) in [6.07, 6.45) is 8.77. The Bertz CT molecular complexity index is 1320. The molecule has 3 amide bonds. The smallest absolute Gasteiger partial charge is 0.293 e. The second kappa shape index (κ2) is 10.3. The summed E-state index contributed by atoms with van der Waals surface area (Å²) in [6.45, 7) is -0.234. The van der Waals surface area contributed by atoms with Crippen molar-refractivity contribution in [1.82, 2.24) is 10.2 Å². The monoisotopic (exact) mass is 550 g/mol. The molecule has 0 radical (unpaired) electrons. The predicted molar refractivity (Wildman–Crippen MR) is 145 cm³/mol. The molecule has 0 atom stereocenters. The van der Waals surface area contributed by atoms with E-state index in [9.17, 15) is 18.8 Å². The second-order valence-corrected chi connectivity index (χ2v) is 12.3. The van der Waals surface area contributed by atoms with Gasteiger partial charge < -0.3 is 14.8 Å². The van der Waals surface area contributed by atoms with Gasteiger partial charge in [0.25, 0.3) is 17.1 Å². The number of benzene rings is 2. The first-order valence-electron chi connectivity index (χ1n) is 13.4. The van der Waals surface area contributed by atoms with E-state index in [0.717, 1.165) is 53.7 Å². The van der Waals surface area contributed by atoms with Crippen molar-refractivity contribution in [2.24, 2.45) is 17.8 Å². The van der Waals surface area contributed by atoms with Crippen LogP contribution in [0.2, 0.25) is 0 Å². The Morgan fingerprint density at radius 1 is 1.08 bits per heavy atom. The third kappa shape index (κ3) is 5.29. The number of nitrogens with one attached hydrogen (secondary N) is 1. The van der Waals surface area contributed by atoms with Crippen molar-refractivity contribution in [2.45, 2.75) is 50.6 Å². The number of carbonyl (C=O) groups is 3. The van der Waals surface area contributed by atoms with Gasteiger partial charge in [-0.1, -0.05) is 24.3 Å². The van der Waals surface area contributed by atoms with Crippen LogP contribution in [0.4, 0.5) is 9.18 Å². The standard InChI is InChI=1S/C30H31FN2O5S/c1-37-25-11-18(12-26-28(35)33(29(36)39-26)16-22-4-2-3-5-23(22)31)6-7-24(25)38-17-27(34)32-30-13-19-8-20(14-30)10-21(9-19)15-30/h2-7,11-12,19-21H,8-10,13-17H2,1H3,(H,32,34)/b26-12-. The molecule has 0 spiro atoms. The zero-order chi connectivity index (χ0) is 27.1. The second-order valence-electron chi connectivity index (χ2n) is 11.3. The van der Waals surface area contributed by atoms with E-state index in [1.807, 2.05) is 0 Å². The van der Waals surface area contributed by atoms with Crippen LogP contribution in [0.3, 0.4) is 0 Å². The molecule has 1 aliphatic heterocycles. The summed E-state index contributed by atoms with van der Waals surface area (Å²) < 4.78 is 25.4. The molecular weight excluding hydrogens is 519 g/mol. The van der Waals surface area contributed by atoms with E-state index in [4.69, 9.17) is 9.47 Å². The van der Waals surface area contributed by atoms with Crippen molar-refractivity contribution >= 4 is 34.9 Å². The van der Waals surface area contributed by atoms with Crippen LogP contribution >= 0.6 is 11.8 Å². The van der Waals surface area contributed by atoms with Gasteiger partial charge >= 0.3 is 0 Å². The highest BCUT2D eigenvalue weighted by molar-refractivity contribution is 8.18. The minimum atomic E-state index is -0.478. The summed E-state index contributed by atoms with van der Waals surface area (Å²) in [5, 5.41) is 2.86. The van der Waals surface area contributed by atoms with Gasteiger partial charge in [-0.3, -0.25) is 19.3 Å². The van der Waals surface area contributed by atoms with Crippen LogP contribution in [-0.4, -0.2) is 41.2 Å². The number of amides is 3. The quantitative estimate of drug-likeness (QED) is 0.435. The SMILES string of the molecule is COc1cc(/C=C2\SC(=O)N(Cc3ccccc3F)C2=O)ccc1OCC(=O)NC12CC3CC(CC(C3)C1)C2. The molecule has 1 saturated heterocycles. The fourth-order valence-corrected chi connectivity index (χ4v) is 8.06. The number of thioether (sulfide) groups is 1. The largest absolute Gasteiger partial charge is 0.493 e. The van der Waals surface area contributed by atoms with Gasteiger partial charge in [0.2, 0.25) is 0 Å². The predicted octanol–water partition coefficient (Wildman–Crippen LogP) is 5.53. The first-order valence-corrected chi connectivity index (χ1v) is 14.2.